The number of carbonyl (C=O) groups is 4. The third kappa shape index (κ3) is 8.04. The summed E-state index contributed by atoms with van der Waals surface area (Å²) in [5.41, 5.74) is 7.06. The van der Waals surface area contributed by atoms with E-state index in [9.17, 15) is 24.3 Å². The molecule has 3 aliphatic heterocycles. The van der Waals surface area contributed by atoms with Crippen LogP contribution in [0.15, 0.2) is 91.6 Å². The zero-order valence-corrected chi connectivity index (χ0v) is 33.1. The first-order valence-corrected chi connectivity index (χ1v) is 20.4. The number of amides is 5. The molecule has 14 nitrogen and oxygen atoms in total. The molecule has 0 spiro atoms. The van der Waals surface area contributed by atoms with Gasteiger partial charge in [0, 0.05) is 76.9 Å². The highest BCUT2D eigenvalue weighted by Gasteiger charge is 2.51. The van der Waals surface area contributed by atoms with Crippen molar-refractivity contribution in [1.82, 2.24) is 45.0 Å². The molecule has 3 N–H and O–H groups in total. The SMILES string of the molecule is C=CCN1CC(=O)N2[C@@H](Cc3ccc(O)cc3)C(=O)N(Cc3cccc4c(C(=O)NN5CCN(C6CCCC6)CC5)cn(C)c34)C[C@@H]2N1C(=O)NCc1ccccc1. The Kier molecular flexibility index (Phi) is 11.5. The maximum absolute atomic E-state index is 14.7. The number of aromatic hydroxyl groups is 1. The van der Waals surface area contributed by atoms with Gasteiger partial charge in [0.05, 0.1) is 24.2 Å². The number of rotatable bonds is 11. The molecular formula is C44H53N9O5. The van der Waals surface area contributed by atoms with Crippen LogP contribution in [-0.4, -0.2) is 127 Å². The van der Waals surface area contributed by atoms with Crippen LogP contribution < -0.4 is 10.7 Å². The van der Waals surface area contributed by atoms with Crippen molar-refractivity contribution in [3.63, 3.8) is 0 Å². The van der Waals surface area contributed by atoms with Crippen molar-refractivity contribution in [3.05, 3.63) is 114 Å². The molecule has 14 heteroatoms. The fraction of sp³-hybridized carbons (Fsp3) is 0.409. The Morgan fingerprint density at radius 2 is 1.66 bits per heavy atom. The number of benzene rings is 3. The minimum absolute atomic E-state index is 0.0596. The molecule has 4 aromatic rings. The highest BCUT2D eigenvalue weighted by molar-refractivity contribution is 6.07. The fourth-order valence-corrected chi connectivity index (χ4v) is 9.29. The van der Waals surface area contributed by atoms with Gasteiger partial charge >= 0.3 is 6.03 Å². The Morgan fingerprint density at radius 1 is 0.914 bits per heavy atom. The number of hydrazine groups is 2. The van der Waals surface area contributed by atoms with Crippen molar-refractivity contribution < 1.29 is 24.3 Å². The Labute approximate surface area is 339 Å². The lowest BCUT2D eigenvalue weighted by Crippen LogP contribution is -2.76. The normalized spacial score (nSPS) is 21.1. The molecule has 1 aliphatic carbocycles. The Bertz CT molecular complexity index is 2140. The predicted octanol–water partition coefficient (Wildman–Crippen LogP) is 3.83. The molecule has 1 aromatic heterocycles. The van der Waals surface area contributed by atoms with Gasteiger partial charge < -0.3 is 24.8 Å². The summed E-state index contributed by atoms with van der Waals surface area (Å²) in [7, 11) is 1.90. The van der Waals surface area contributed by atoms with Crippen molar-refractivity contribution in [1.29, 1.82) is 0 Å². The lowest BCUT2D eigenvalue weighted by atomic mass is 9.98. The molecular weight excluding hydrogens is 735 g/mol. The number of aromatic nitrogens is 1. The van der Waals surface area contributed by atoms with Crippen molar-refractivity contribution in [2.45, 2.75) is 63.4 Å². The number of hydrogen-bond donors (Lipinski definition) is 3. The topological polar surface area (TPSA) is 137 Å². The number of phenols is 1. The third-order valence-corrected chi connectivity index (χ3v) is 12.1. The highest BCUT2D eigenvalue weighted by atomic mass is 16.3. The van der Waals surface area contributed by atoms with Crippen molar-refractivity contribution in [3.8, 4) is 5.75 Å². The second-order valence-electron chi connectivity index (χ2n) is 15.9. The number of para-hydroxylation sites is 1. The van der Waals surface area contributed by atoms with Gasteiger partial charge in [-0.3, -0.25) is 24.7 Å². The van der Waals surface area contributed by atoms with Gasteiger partial charge in [0.25, 0.3) is 5.91 Å². The zero-order valence-electron chi connectivity index (χ0n) is 33.1. The molecule has 58 heavy (non-hydrogen) atoms. The summed E-state index contributed by atoms with van der Waals surface area (Å²) in [6, 6.07) is 21.3. The molecule has 8 rings (SSSR count). The molecule has 0 bridgehead atoms. The van der Waals surface area contributed by atoms with E-state index in [4.69, 9.17) is 0 Å². The summed E-state index contributed by atoms with van der Waals surface area (Å²) < 4.78 is 1.94. The van der Waals surface area contributed by atoms with Gasteiger partial charge in [-0.2, -0.15) is 0 Å². The third-order valence-electron chi connectivity index (χ3n) is 12.1. The van der Waals surface area contributed by atoms with Crippen LogP contribution in [0, 0.1) is 0 Å². The highest BCUT2D eigenvalue weighted by Crippen LogP contribution is 2.32. The molecule has 2 atom stereocenters. The predicted molar refractivity (Wildman–Crippen MR) is 220 cm³/mol. The van der Waals surface area contributed by atoms with Crippen LogP contribution in [0.5, 0.6) is 5.75 Å². The first-order valence-electron chi connectivity index (χ1n) is 20.4. The standard InChI is InChI=1S/C44H53N9O5/c1-3-20-51-30-40(55)52-38(25-31-16-18-35(54)19-17-31)43(57)49(29-39(52)53(51)44(58)45-26-32-10-5-4-6-11-32)27-33-12-9-15-36-37(28-47(2)41(33)36)42(56)46-50-23-21-48(22-24-50)34-13-7-8-14-34/h3-6,9-12,15-19,28,34,38-39,54H,1,7-8,13-14,20-27,29-30H2,2H3,(H,45,58)(H,46,56)/t38-,39-/m0/s1. The number of phenolic OH excluding ortho intramolecular Hbond substituents is 1. The first-order chi connectivity index (χ1) is 28.2. The van der Waals surface area contributed by atoms with Gasteiger partial charge in [-0.25, -0.2) is 19.8 Å². The quantitative estimate of drug-likeness (QED) is 0.196. The molecule has 4 fully saturated rings. The second kappa shape index (κ2) is 17.0. The number of nitrogens with zero attached hydrogens (tertiary/aromatic N) is 7. The lowest BCUT2D eigenvalue weighted by molar-refractivity contribution is -0.189. The smallest absolute Gasteiger partial charge is 0.334 e. The first kappa shape index (κ1) is 39.1. The maximum atomic E-state index is 14.7. The van der Waals surface area contributed by atoms with Crippen LogP contribution >= 0.6 is 0 Å². The van der Waals surface area contributed by atoms with E-state index in [-0.39, 0.29) is 62.6 Å². The van der Waals surface area contributed by atoms with Crippen LogP contribution in [0.2, 0.25) is 0 Å². The number of piperazine rings is 2. The number of hydrogen-bond acceptors (Lipinski definition) is 8. The van der Waals surface area contributed by atoms with Gasteiger partial charge in [0.15, 0.2) is 0 Å². The number of nitrogens with one attached hydrogen (secondary N) is 2. The Hall–Kier alpha value is -5.70. The summed E-state index contributed by atoms with van der Waals surface area (Å²) in [6.45, 7) is 7.96. The van der Waals surface area contributed by atoms with E-state index in [2.05, 4.69) is 22.2 Å². The van der Waals surface area contributed by atoms with Crippen LogP contribution in [0.1, 0.15) is 52.7 Å². The minimum atomic E-state index is -0.922. The van der Waals surface area contributed by atoms with Gasteiger partial charge in [-0.15, -0.1) is 6.58 Å². The van der Waals surface area contributed by atoms with Crippen LogP contribution in [0.25, 0.3) is 10.9 Å². The van der Waals surface area contributed by atoms with E-state index in [1.54, 1.807) is 50.2 Å². The Morgan fingerprint density at radius 3 is 2.38 bits per heavy atom. The summed E-state index contributed by atoms with van der Waals surface area (Å²) in [4.78, 5) is 62.7. The minimum Gasteiger partial charge on any atom is -0.508 e. The molecule has 4 heterocycles. The van der Waals surface area contributed by atoms with Crippen LogP contribution in [-0.2, 0) is 36.1 Å². The molecule has 4 aliphatic rings. The molecule has 1 saturated carbocycles. The molecule has 5 amide bonds. The Balaban J connectivity index is 1.07. The zero-order chi connectivity index (χ0) is 40.3. The molecule has 3 saturated heterocycles. The molecule has 3 aromatic carbocycles. The number of aryl methyl sites for hydroxylation is 1. The average Bonchev–Trinajstić information content (AvgIpc) is 3.89. The fourth-order valence-electron chi connectivity index (χ4n) is 9.29. The van der Waals surface area contributed by atoms with Gasteiger partial charge in [0.1, 0.15) is 18.0 Å². The van der Waals surface area contributed by atoms with E-state index in [1.807, 2.05) is 71.4 Å². The number of carbonyl (C=O) groups excluding carboxylic acids is 4. The van der Waals surface area contributed by atoms with Crippen molar-refractivity contribution in [2.24, 2.45) is 7.05 Å². The van der Waals surface area contributed by atoms with E-state index < -0.39 is 18.2 Å². The van der Waals surface area contributed by atoms with E-state index in [0.717, 1.165) is 53.8 Å². The lowest BCUT2D eigenvalue weighted by Gasteiger charge is -2.55. The monoisotopic (exact) mass is 787 g/mol. The summed E-state index contributed by atoms with van der Waals surface area (Å²) >= 11 is 0. The second-order valence-corrected chi connectivity index (χ2v) is 15.9. The van der Waals surface area contributed by atoms with Crippen LogP contribution in [0.3, 0.4) is 0 Å². The maximum Gasteiger partial charge on any atom is 0.334 e. The molecule has 304 valence electrons. The van der Waals surface area contributed by atoms with E-state index in [0.29, 0.717) is 11.6 Å². The largest absolute Gasteiger partial charge is 0.508 e. The summed E-state index contributed by atoms with van der Waals surface area (Å²) in [6.07, 6.45) is 7.99. The average molecular weight is 788 g/mol. The van der Waals surface area contributed by atoms with Crippen molar-refractivity contribution in [2.75, 3.05) is 45.8 Å². The molecule has 0 unspecified atom stereocenters. The number of fused-ring (bicyclic) bond motifs is 2. The van der Waals surface area contributed by atoms with Gasteiger partial charge in [0.2, 0.25) is 11.8 Å². The van der Waals surface area contributed by atoms with Crippen molar-refractivity contribution >= 4 is 34.7 Å². The van der Waals surface area contributed by atoms with E-state index in [1.165, 1.54) is 25.7 Å². The van der Waals surface area contributed by atoms with Gasteiger partial charge in [-0.05, 0) is 41.7 Å². The summed E-state index contributed by atoms with van der Waals surface area (Å²) in [5, 5.41) is 19.1. The van der Waals surface area contributed by atoms with Crippen LogP contribution in [0.4, 0.5) is 4.79 Å². The summed E-state index contributed by atoms with van der Waals surface area (Å²) in [5.74, 6) is -0.591. The van der Waals surface area contributed by atoms with E-state index >= 15 is 0 Å². The number of urea groups is 1. The molecule has 0 radical (unpaired) electrons. The van der Waals surface area contributed by atoms with Gasteiger partial charge in [-0.1, -0.05) is 79.6 Å².